The number of fused-ring (bicyclic) bond motifs is 1. The van der Waals surface area contributed by atoms with Crippen molar-refractivity contribution in [2.45, 2.75) is 32.3 Å². The summed E-state index contributed by atoms with van der Waals surface area (Å²) in [4.78, 5) is 17.0. The van der Waals surface area contributed by atoms with Crippen LogP contribution >= 0.6 is 0 Å². The lowest BCUT2D eigenvalue weighted by atomic mass is 9.82. The maximum Gasteiger partial charge on any atom is 0.221 e. The van der Waals surface area contributed by atoms with Gasteiger partial charge in [-0.25, -0.2) is 4.98 Å². The summed E-state index contributed by atoms with van der Waals surface area (Å²) in [6, 6.07) is 25.8. The second kappa shape index (κ2) is 8.70. The summed E-state index contributed by atoms with van der Waals surface area (Å²) in [6.07, 6.45) is -0.508. The van der Waals surface area contributed by atoms with E-state index in [2.05, 4.69) is 0 Å². The van der Waals surface area contributed by atoms with Crippen LogP contribution in [0.15, 0.2) is 78.9 Å². The molecule has 0 saturated carbocycles. The van der Waals surface area contributed by atoms with Gasteiger partial charge in [0.2, 0.25) is 5.91 Å². The van der Waals surface area contributed by atoms with Gasteiger partial charge in [-0.15, -0.1) is 0 Å². The van der Waals surface area contributed by atoms with Crippen molar-refractivity contribution >= 4 is 16.8 Å². The Labute approximate surface area is 182 Å². The van der Waals surface area contributed by atoms with E-state index in [1.165, 1.54) is 0 Å². The molecule has 3 aromatic carbocycles. The smallest absolute Gasteiger partial charge is 0.221 e. The minimum Gasteiger partial charge on any atom is -0.392 e. The molecule has 1 amide bonds. The minimum absolute atomic E-state index is 0.114. The zero-order valence-corrected chi connectivity index (χ0v) is 17.7. The predicted octanol–water partition coefficient (Wildman–Crippen LogP) is 4.75. The predicted molar refractivity (Wildman–Crippen MR) is 125 cm³/mol. The molecule has 0 radical (unpaired) electrons. The number of pyridine rings is 1. The summed E-state index contributed by atoms with van der Waals surface area (Å²) < 4.78 is 0. The molecule has 2 unspecified atom stereocenters. The van der Waals surface area contributed by atoms with Crippen LogP contribution in [-0.4, -0.2) is 22.1 Å². The van der Waals surface area contributed by atoms with Gasteiger partial charge in [-0.1, -0.05) is 72.8 Å². The van der Waals surface area contributed by atoms with Crippen LogP contribution in [0.3, 0.4) is 0 Å². The van der Waals surface area contributed by atoms with Gasteiger partial charge in [-0.3, -0.25) is 4.79 Å². The third kappa shape index (κ3) is 4.07. The molecular formula is C27H26N2O2. The molecule has 4 rings (SSSR count). The molecule has 0 bridgehead atoms. The maximum atomic E-state index is 12.0. The molecule has 0 fully saturated rings. The lowest BCUT2D eigenvalue weighted by molar-refractivity contribution is -0.117. The molecule has 31 heavy (non-hydrogen) atoms. The first-order chi connectivity index (χ1) is 15.0. The van der Waals surface area contributed by atoms with Crippen molar-refractivity contribution in [1.29, 1.82) is 0 Å². The van der Waals surface area contributed by atoms with Crippen LogP contribution < -0.4 is 5.73 Å². The van der Waals surface area contributed by atoms with Gasteiger partial charge in [-0.05, 0) is 42.2 Å². The van der Waals surface area contributed by atoms with Crippen LogP contribution in [0.25, 0.3) is 22.2 Å². The van der Waals surface area contributed by atoms with E-state index in [0.717, 1.165) is 44.4 Å². The molecule has 3 N–H and O–H groups in total. The van der Waals surface area contributed by atoms with Gasteiger partial charge in [0.05, 0.1) is 23.7 Å². The van der Waals surface area contributed by atoms with E-state index < -0.39 is 12.0 Å². The number of hydrogen-bond donors (Lipinski definition) is 2. The van der Waals surface area contributed by atoms with Gasteiger partial charge in [0.25, 0.3) is 0 Å². The Morgan fingerprint density at radius 1 is 0.968 bits per heavy atom. The van der Waals surface area contributed by atoms with Crippen molar-refractivity contribution < 1.29 is 9.90 Å². The Kier molecular flexibility index (Phi) is 5.83. The summed E-state index contributed by atoms with van der Waals surface area (Å²) in [5.74, 6) is -0.641. The third-order valence-corrected chi connectivity index (χ3v) is 5.79. The zero-order valence-electron chi connectivity index (χ0n) is 17.7. The van der Waals surface area contributed by atoms with Crippen LogP contribution in [0, 0.1) is 6.92 Å². The normalized spacial score (nSPS) is 13.1. The molecule has 156 valence electrons. The number of nitrogens with two attached hydrogens (primary N) is 1. The Morgan fingerprint density at radius 3 is 2.23 bits per heavy atom. The number of benzene rings is 3. The molecule has 2 atom stereocenters. The Bertz CT molecular complexity index is 1220. The first kappa shape index (κ1) is 20.8. The van der Waals surface area contributed by atoms with Gasteiger partial charge in [0.15, 0.2) is 0 Å². The molecular weight excluding hydrogens is 384 g/mol. The Hall–Kier alpha value is -3.50. The second-order valence-corrected chi connectivity index (χ2v) is 7.94. The van der Waals surface area contributed by atoms with Crippen molar-refractivity contribution in [3.8, 4) is 11.3 Å². The lowest BCUT2D eigenvalue weighted by Gasteiger charge is -2.25. The monoisotopic (exact) mass is 410 g/mol. The molecule has 0 aliphatic carbocycles. The van der Waals surface area contributed by atoms with E-state index in [1.807, 2.05) is 85.8 Å². The highest BCUT2D eigenvalue weighted by molar-refractivity contribution is 5.94. The van der Waals surface area contributed by atoms with E-state index in [-0.39, 0.29) is 12.3 Å². The highest BCUT2D eigenvalue weighted by Crippen LogP contribution is 2.38. The topological polar surface area (TPSA) is 76.2 Å². The number of carbonyl (C=O) groups excluding carboxylic acids is 1. The molecule has 4 aromatic rings. The van der Waals surface area contributed by atoms with Crippen molar-refractivity contribution in [1.82, 2.24) is 4.98 Å². The molecule has 1 heterocycles. The first-order valence-corrected chi connectivity index (χ1v) is 10.5. The third-order valence-electron chi connectivity index (χ3n) is 5.79. The number of hydrogen-bond acceptors (Lipinski definition) is 3. The maximum absolute atomic E-state index is 12.0. The first-order valence-electron chi connectivity index (χ1n) is 10.5. The molecule has 0 saturated heterocycles. The number of primary amides is 1. The van der Waals surface area contributed by atoms with Crippen LogP contribution in [0.2, 0.25) is 0 Å². The number of aromatic nitrogens is 1. The van der Waals surface area contributed by atoms with Gasteiger partial charge in [0, 0.05) is 16.9 Å². The van der Waals surface area contributed by atoms with E-state index >= 15 is 0 Å². The SMILES string of the molecule is Cc1c(-c2ccccc2)nc2cccc(C(c3ccccc3)C(C)O)c2c1CC(N)=O. The lowest BCUT2D eigenvalue weighted by Crippen LogP contribution is -2.19. The second-order valence-electron chi connectivity index (χ2n) is 7.94. The summed E-state index contributed by atoms with van der Waals surface area (Å²) >= 11 is 0. The average Bonchev–Trinajstić information content (AvgIpc) is 2.76. The quantitative estimate of drug-likeness (QED) is 0.482. The fourth-order valence-electron chi connectivity index (χ4n) is 4.42. The fraction of sp³-hybridized carbons (Fsp3) is 0.185. The number of carbonyl (C=O) groups is 1. The average molecular weight is 411 g/mol. The summed E-state index contributed by atoms with van der Waals surface area (Å²) in [7, 11) is 0. The highest BCUT2D eigenvalue weighted by Gasteiger charge is 2.25. The van der Waals surface area contributed by atoms with E-state index in [4.69, 9.17) is 10.7 Å². The standard InChI is InChI=1S/C27H26N2O2/c1-17-22(16-24(28)31)26-21(25(18(2)30)19-10-5-3-6-11-19)14-9-15-23(26)29-27(17)20-12-7-4-8-13-20/h3-15,18,25,30H,16H2,1-2H3,(H2,28,31). The van der Waals surface area contributed by atoms with Crippen LogP contribution in [0.4, 0.5) is 0 Å². The summed E-state index contributed by atoms with van der Waals surface area (Å²) in [6.45, 7) is 3.78. The molecule has 4 heteroatoms. The summed E-state index contributed by atoms with van der Waals surface area (Å²) in [5.41, 5.74) is 12.1. The van der Waals surface area contributed by atoms with E-state index in [1.54, 1.807) is 6.92 Å². The fourth-order valence-corrected chi connectivity index (χ4v) is 4.42. The van der Waals surface area contributed by atoms with Crippen LogP contribution in [0.1, 0.15) is 35.1 Å². The van der Waals surface area contributed by atoms with Crippen LogP contribution in [0.5, 0.6) is 0 Å². The number of aliphatic hydroxyl groups is 1. The van der Waals surface area contributed by atoms with Crippen molar-refractivity contribution in [3.63, 3.8) is 0 Å². The number of aliphatic hydroxyl groups excluding tert-OH is 1. The van der Waals surface area contributed by atoms with Crippen molar-refractivity contribution in [2.24, 2.45) is 5.73 Å². The molecule has 0 spiro atoms. The summed E-state index contributed by atoms with van der Waals surface area (Å²) in [5, 5.41) is 11.6. The number of rotatable bonds is 6. The minimum atomic E-state index is -0.622. The van der Waals surface area contributed by atoms with E-state index in [0.29, 0.717) is 0 Å². The van der Waals surface area contributed by atoms with Gasteiger partial charge >= 0.3 is 0 Å². The highest BCUT2D eigenvalue weighted by atomic mass is 16.3. The van der Waals surface area contributed by atoms with Crippen molar-refractivity contribution in [2.75, 3.05) is 0 Å². The molecule has 0 aliphatic heterocycles. The molecule has 4 nitrogen and oxygen atoms in total. The molecule has 1 aromatic heterocycles. The van der Waals surface area contributed by atoms with E-state index in [9.17, 15) is 9.90 Å². The molecule has 0 aliphatic rings. The number of nitrogens with zero attached hydrogens (tertiary/aromatic N) is 1. The Balaban J connectivity index is 2.04. The zero-order chi connectivity index (χ0) is 22.0. The van der Waals surface area contributed by atoms with Gasteiger partial charge < -0.3 is 10.8 Å². The number of amides is 1. The van der Waals surface area contributed by atoms with Crippen LogP contribution in [-0.2, 0) is 11.2 Å². The van der Waals surface area contributed by atoms with Crippen molar-refractivity contribution in [3.05, 3.63) is 101 Å². The van der Waals surface area contributed by atoms with Gasteiger partial charge in [0.1, 0.15) is 0 Å². The van der Waals surface area contributed by atoms with Gasteiger partial charge in [-0.2, -0.15) is 0 Å². The largest absolute Gasteiger partial charge is 0.392 e. The Morgan fingerprint density at radius 2 is 1.61 bits per heavy atom.